The summed E-state index contributed by atoms with van der Waals surface area (Å²) in [6, 6.07) is 4.70. The van der Waals surface area contributed by atoms with Crippen molar-refractivity contribution in [2.75, 3.05) is 19.7 Å². The molecule has 1 aromatic carbocycles. The second-order valence-corrected chi connectivity index (χ2v) is 5.60. The minimum absolute atomic E-state index is 0.00476. The number of amides is 1. The lowest BCUT2D eigenvalue weighted by Gasteiger charge is -2.28. The van der Waals surface area contributed by atoms with Crippen LogP contribution in [0.25, 0.3) is 0 Å². The molecule has 20 heavy (non-hydrogen) atoms. The Hall–Kier alpha value is -1.62. The number of para-hydroxylation sites is 1. The van der Waals surface area contributed by atoms with Crippen molar-refractivity contribution in [1.82, 2.24) is 10.6 Å². The lowest BCUT2D eigenvalue weighted by atomic mass is 9.95. The van der Waals surface area contributed by atoms with Crippen molar-refractivity contribution in [3.63, 3.8) is 0 Å². The average molecular weight is 278 g/mol. The van der Waals surface area contributed by atoms with Gasteiger partial charge in [-0.3, -0.25) is 4.79 Å². The molecule has 1 fully saturated rings. The molecule has 3 rings (SSSR count). The number of nitrogens with one attached hydrogen (secondary N) is 2. The van der Waals surface area contributed by atoms with Crippen LogP contribution in [0, 0.1) is 17.7 Å². The lowest BCUT2D eigenvalue weighted by molar-refractivity contribution is -0.126. The molecule has 0 radical (unpaired) electrons. The van der Waals surface area contributed by atoms with Gasteiger partial charge in [0.05, 0.1) is 18.6 Å². The highest BCUT2D eigenvalue weighted by atomic mass is 19.1. The lowest BCUT2D eigenvalue weighted by Crippen LogP contribution is -2.38. The van der Waals surface area contributed by atoms with Gasteiger partial charge in [0.1, 0.15) is 0 Å². The molecule has 2 aliphatic heterocycles. The van der Waals surface area contributed by atoms with Crippen LogP contribution in [0.2, 0.25) is 0 Å². The molecule has 0 spiro atoms. The average Bonchev–Trinajstić information content (AvgIpc) is 2.86. The summed E-state index contributed by atoms with van der Waals surface area (Å²) in [6.07, 6.45) is 0.677. The normalized spacial score (nSPS) is 28.6. The molecule has 0 aliphatic carbocycles. The van der Waals surface area contributed by atoms with E-state index in [0.29, 0.717) is 25.5 Å². The Morgan fingerprint density at radius 2 is 2.30 bits per heavy atom. The number of benzene rings is 1. The predicted octanol–water partition coefficient (Wildman–Crippen LogP) is 1.62. The highest BCUT2D eigenvalue weighted by molar-refractivity contribution is 5.80. The third-order valence-electron chi connectivity index (χ3n) is 4.20. The van der Waals surface area contributed by atoms with E-state index >= 15 is 0 Å². The summed E-state index contributed by atoms with van der Waals surface area (Å²) in [5.41, 5.74) is 0.739. The van der Waals surface area contributed by atoms with Crippen molar-refractivity contribution in [2.24, 2.45) is 11.8 Å². The number of carbonyl (C=O) groups is 1. The molecular weight excluding hydrogens is 259 g/mol. The molecule has 108 valence electrons. The van der Waals surface area contributed by atoms with Crippen molar-refractivity contribution in [2.45, 2.75) is 19.4 Å². The van der Waals surface area contributed by atoms with Crippen LogP contribution < -0.4 is 15.4 Å². The third-order valence-corrected chi connectivity index (χ3v) is 4.20. The molecule has 4 nitrogen and oxygen atoms in total. The molecule has 5 heteroatoms. The Labute approximate surface area is 117 Å². The topological polar surface area (TPSA) is 50.4 Å². The summed E-state index contributed by atoms with van der Waals surface area (Å²) < 4.78 is 19.1. The summed E-state index contributed by atoms with van der Waals surface area (Å²) in [7, 11) is 0. The van der Waals surface area contributed by atoms with E-state index < -0.39 is 0 Å². The van der Waals surface area contributed by atoms with Crippen LogP contribution in [0.3, 0.4) is 0 Å². The molecule has 1 aromatic rings. The quantitative estimate of drug-likeness (QED) is 0.864. The maximum atomic E-state index is 13.7. The summed E-state index contributed by atoms with van der Waals surface area (Å²) >= 11 is 0. The molecule has 2 aliphatic rings. The summed E-state index contributed by atoms with van der Waals surface area (Å²) in [4.78, 5) is 12.3. The molecule has 1 saturated heterocycles. The monoisotopic (exact) mass is 278 g/mol. The fourth-order valence-corrected chi connectivity index (χ4v) is 2.98. The van der Waals surface area contributed by atoms with E-state index in [1.165, 1.54) is 6.07 Å². The van der Waals surface area contributed by atoms with Crippen LogP contribution in [0.1, 0.15) is 24.9 Å². The zero-order chi connectivity index (χ0) is 14.1. The largest absolute Gasteiger partial charge is 0.490 e. The first kappa shape index (κ1) is 13.4. The van der Waals surface area contributed by atoms with Gasteiger partial charge in [-0.25, -0.2) is 4.39 Å². The van der Waals surface area contributed by atoms with Gasteiger partial charge >= 0.3 is 0 Å². The zero-order valence-corrected chi connectivity index (χ0v) is 11.5. The minimum Gasteiger partial charge on any atom is -0.490 e. The number of hydrogen-bond acceptors (Lipinski definition) is 3. The van der Waals surface area contributed by atoms with Crippen LogP contribution in [0.5, 0.6) is 5.75 Å². The van der Waals surface area contributed by atoms with Crippen molar-refractivity contribution in [1.29, 1.82) is 0 Å². The molecule has 2 heterocycles. The Kier molecular flexibility index (Phi) is 3.61. The second kappa shape index (κ2) is 5.40. The number of halogens is 1. The van der Waals surface area contributed by atoms with Crippen molar-refractivity contribution >= 4 is 5.91 Å². The van der Waals surface area contributed by atoms with Crippen LogP contribution in [-0.4, -0.2) is 25.6 Å². The first-order valence-corrected chi connectivity index (χ1v) is 7.09. The Morgan fingerprint density at radius 1 is 1.45 bits per heavy atom. The van der Waals surface area contributed by atoms with E-state index in [9.17, 15) is 9.18 Å². The van der Waals surface area contributed by atoms with E-state index in [4.69, 9.17) is 4.74 Å². The minimum atomic E-state index is -0.364. The fourth-order valence-electron chi connectivity index (χ4n) is 2.98. The van der Waals surface area contributed by atoms with Crippen molar-refractivity contribution in [3.8, 4) is 5.75 Å². The number of fused-ring (bicyclic) bond motifs is 1. The second-order valence-electron chi connectivity index (χ2n) is 5.60. The van der Waals surface area contributed by atoms with Crippen LogP contribution in [-0.2, 0) is 4.79 Å². The van der Waals surface area contributed by atoms with Gasteiger partial charge in [-0.1, -0.05) is 19.1 Å². The molecule has 0 saturated carbocycles. The van der Waals surface area contributed by atoms with Crippen molar-refractivity contribution < 1.29 is 13.9 Å². The van der Waals surface area contributed by atoms with Crippen LogP contribution >= 0.6 is 0 Å². The summed E-state index contributed by atoms with van der Waals surface area (Å²) in [5.74, 6) is 0.292. The maximum Gasteiger partial charge on any atom is 0.225 e. The van der Waals surface area contributed by atoms with E-state index in [0.717, 1.165) is 12.1 Å². The first-order chi connectivity index (χ1) is 9.66. The number of rotatable bonds is 2. The standard InChI is InChI=1S/C15H19FN2O2/c1-9-7-17-8-11(9)15(19)18-13-5-6-20-14-10(13)3-2-4-12(14)16/h2-4,9,11,13,17H,5-8H2,1H3,(H,18,19)/t9-,11-,13+/m1/s1. The van der Waals surface area contributed by atoms with E-state index in [-0.39, 0.29) is 29.4 Å². The first-order valence-electron chi connectivity index (χ1n) is 7.09. The molecule has 0 unspecified atom stereocenters. The van der Waals surface area contributed by atoms with Gasteiger partial charge in [-0.2, -0.15) is 0 Å². The van der Waals surface area contributed by atoms with Gasteiger partial charge < -0.3 is 15.4 Å². The smallest absolute Gasteiger partial charge is 0.225 e. The van der Waals surface area contributed by atoms with Gasteiger partial charge in [0, 0.05) is 18.5 Å². The van der Waals surface area contributed by atoms with Crippen molar-refractivity contribution in [3.05, 3.63) is 29.6 Å². The Bertz CT molecular complexity index is 521. The predicted molar refractivity (Wildman–Crippen MR) is 72.9 cm³/mol. The van der Waals surface area contributed by atoms with E-state index in [1.54, 1.807) is 6.07 Å². The molecular formula is C15H19FN2O2. The van der Waals surface area contributed by atoms with Gasteiger partial charge in [0.2, 0.25) is 5.91 Å². The number of carbonyl (C=O) groups excluding carboxylic acids is 1. The summed E-state index contributed by atoms with van der Waals surface area (Å²) in [5, 5.41) is 6.27. The van der Waals surface area contributed by atoms with Gasteiger partial charge in [-0.15, -0.1) is 0 Å². The molecule has 1 amide bonds. The van der Waals surface area contributed by atoms with E-state index in [2.05, 4.69) is 17.6 Å². The zero-order valence-electron chi connectivity index (χ0n) is 11.5. The highest BCUT2D eigenvalue weighted by Crippen LogP contribution is 2.34. The number of ether oxygens (including phenoxy) is 1. The molecule has 3 atom stereocenters. The third kappa shape index (κ3) is 2.38. The van der Waals surface area contributed by atoms with E-state index in [1.807, 2.05) is 6.07 Å². The SMILES string of the molecule is C[C@@H]1CNC[C@H]1C(=O)N[C@H]1CCOc2c(F)cccc21. The Balaban J connectivity index is 1.76. The number of hydrogen-bond donors (Lipinski definition) is 2. The fraction of sp³-hybridized carbons (Fsp3) is 0.533. The Morgan fingerprint density at radius 3 is 3.05 bits per heavy atom. The molecule has 0 bridgehead atoms. The van der Waals surface area contributed by atoms with Gasteiger partial charge in [0.25, 0.3) is 0 Å². The maximum absolute atomic E-state index is 13.7. The molecule has 0 aromatic heterocycles. The van der Waals surface area contributed by atoms with Gasteiger partial charge in [0.15, 0.2) is 11.6 Å². The van der Waals surface area contributed by atoms with Crippen LogP contribution in [0.15, 0.2) is 18.2 Å². The molecule has 2 N–H and O–H groups in total. The summed E-state index contributed by atoms with van der Waals surface area (Å²) in [6.45, 7) is 4.09. The highest BCUT2D eigenvalue weighted by Gasteiger charge is 2.32. The van der Waals surface area contributed by atoms with Crippen LogP contribution in [0.4, 0.5) is 4.39 Å². The van der Waals surface area contributed by atoms with Gasteiger partial charge in [-0.05, 0) is 18.5 Å².